The van der Waals surface area contributed by atoms with Gasteiger partial charge in [-0.3, -0.25) is 4.79 Å². The fourth-order valence-electron chi connectivity index (χ4n) is 5.42. The van der Waals surface area contributed by atoms with E-state index in [1.165, 1.54) is 19.3 Å². The van der Waals surface area contributed by atoms with Crippen molar-refractivity contribution >= 4 is 5.78 Å². The van der Waals surface area contributed by atoms with Crippen molar-refractivity contribution in [3.63, 3.8) is 0 Å². The van der Waals surface area contributed by atoms with Gasteiger partial charge in [-0.25, -0.2) is 0 Å². The molecule has 0 heterocycles. The molecule has 0 bridgehead atoms. The minimum atomic E-state index is -0.183. The molecule has 3 aliphatic rings. The number of Topliss-reactive ketones (excluding diaryl/α,β-unsaturated/α-hetero) is 1. The van der Waals surface area contributed by atoms with Crippen LogP contribution in [0.25, 0.3) is 0 Å². The Bertz CT molecular complexity index is 495. The third-order valence-corrected chi connectivity index (χ3v) is 6.97. The summed E-state index contributed by atoms with van der Waals surface area (Å²) in [6.07, 6.45) is 12.4. The van der Waals surface area contributed by atoms with E-state index < -0.39 is 0 Å². The fourth-order valence-corrected chi connectivity index (χ4v) is 5.42. The molecule has 3 fully saturated rings. The van der Waals surface area contributed by atoms with Crippen LogP contribution >= 0.6 is 0 Å². The van der Waals surface area contributed by atoms with E-state index in [-0.39, 0.29) is 11.0 Å². The maximum atomic E-state index is 12.3. The van der Waals surface area contributed by atoms with Crippen LogP contribution in [-0.2, 0) is 14.3 Å². The van der Waals surface area contributed by atoms with E-state index in [0.29, 0.717) is 29.8 Å². The van der Waals surface area contributed by atoms with E-state index in [2.05, 4.69) is 32.9 Å². The zero-order valence-corrected chi connectivity index (χ0v) is 15.2. The maximum absolute atomic E-state index is 12.3. The lowest BCUT2D eigenvalue weighted by Crippen LogP contribution is -2.38. The van der Waals surface area contributed by atoms with Gasteiger partial charge in [-0.05, 0) is 69.1 Å². The van der Waals surface area contributed by atoms with Gasteiger partial charge in [-0.1, -0.05) is 19.1 Å². The molecule has 3 nitrogen and oxygen atoms in total. The van der Waals surface area contributed by atoms with Crippen LogP contribution in [0.15, 0.2) is 12.2 Å². The van der Waals surface area contributed by atoms with Crippen LogP contribution in [0.2, 0.25) is 0 Å². The normalized spacial score (nSPS) is 40.1. The van der Waals surface area contributed by atoms with Crippen LogP contribution in [0.3, 0.4) is 0 Å². The van der Waals surface area contributed by atoms with Crippen LogP contribution in [0.4, 0.5) is 0 Å². The van der Waals surface area contributed by atoms with Gasteiger partial charge < -0.3 is 9.47 Å². The Kier molecular flexibility index (Phi) is 4.48. The highest BCUT2D eigenvalue weighted by Gasteiger charge is 2.69. The second kappa shape index (κ2) is 6.00. The first kappa shape index (κ1) is 17.2. The van der Waals surface area contributed by atoms with Crippen LogP contribution in [0, 0.1) is 22.7 Å². The summed E-state index contributed by atoms with van der Waals surface area (Å²) in [5.41, 5.74) is 0.499. The van der Waals surface area contributed by atoms with Gasteiger partial charge in [-0.15, -0.1) is 0 Å². The predicted molar refractivity (Wildman–Crippen MR) is 91.0 cm³/mol. The number of allylic oxidation sites excluding steroid dienone is 1. The second-order valence-corrected chi connectivity index (χ2v) is 8.74. The summed E-state index contributed by atoms with van der Waals surface area (Å²) in [5, 5.41) is 0. The number of ketones is 1. The second-order valence-electron chi connectivity index (χ2n) is 8.74. The van der Waals surface area contributed by atoms with Gasteiger partial charge in [0.1, 0.15) is 12.6 Å². The van der Waals surface area contributed by atoms with Gasteiger partial charge in [0.05, 0.1) is 5.60 Å². The molecule has 0 aromatic carbocycles. The van der Waals surface area contributed by atoms with Crippen LogP contribution in [0.1, 0.15) is 65.7 Å². The van der Waals surface area contributed by atoms with Gasteiger partial charge in [0.25, 0.3) is 0 Å². The molecule has 0 radical (unpaired) electrons. The molecule has 0 aromatic heterocycles. The Hall–Kier alpha value is -0.670. The largest absolute Gasteiger partial charge is 0.359 e. The van der Waals surface area contributed by atoms with Crippen LogP contribution < -0.4 is 0 Å². The summed E-state index contributed by atoms with van der Waals surface area (Å²) in [4.78, 5) is 12.3. The Labute approximate surface area is 140 Å². The first-order chi connectivity index (χ1) is 10.8. The molecule has 3 heteroatoms. The maximum Gasteiger partial charge on any atom is 0.147 e. The van der Waals surface area contributed by atoms with Gasteiger partial charge in [0, 0.05) is 19.4 Å². The Morgan fingerprint density at radius 3 is 2.87 bits per heavy atom. The zero-order valence-electron chi connectivity index (χ0n) is 15.2. The summed E-state index contributed by atoms with van der Waals surface area (Å²) >= 11 is 0. The van der Waals surface area contributed by atoms with Crippen molar-refractivity contribution < 1.29 is 14.3 Å². The SMILES string of the molecule is COCOC(C)(C)C/C=C\[C@H]1C[C@@]12CC[C@H]1C(=O)CCC[C@@]12C. The van der Waals surface area contributed by atoms with Crippen molar-refractivity contribution in [2.45, 2.75) is 71.3 Å². The summed E-state index contributed by atoms with van der Waals surface area (Å²) in [6, 6.07) is 0. The standard InChI is InChI=1S/C20H32O3/c1-18(2,23-14-22-4)10-5-7-15-13-20(15)12-9-16-17(21)8-6-11-19(16,20)3/h5,7,15-16H,6,8-14H2,1-4H3/b7-5-/t15-,16-,19-,20-/m0/s1. The molecule has 3 rings (SSSR count). The molecule has 0 amide bonds. The molecule has 3 saturated carbocycles. The molecule has 0 unspecified atom stereocenters. The lowest BCUT2D eigenvalue weighted by Gasteiger charge is -2.41. The van der Waals surface area contributed by atoms with Crippen LogP contribution in [0.5, 0.6) is 0 Å². The lowest BCUT2D eigenvalue weighted by molar-refractivity contribution is -0.130. The molecule has 0 saturated heterocycles. The van der Waals surface area contributed by atoms with Crippen molar-refractivity contribution in [3.8, 4) is 0 Å². The van der Waals surface area contributed by atoms with Crippen molar-refractivity contribution in [1.29, 1.82) is 0 Å². The van der Waals surface area contributed by atoms with E-state index in [1.54, 1.807) is 7.11 Å². The van der Waals surface area contributed by atoms with Gasteiger partial charge in [0.15, 0.2) is 0 Å². The van der Waals surface area contributed by atoms with Crippen molar-refractivity contribution in [3.05, 3.63) is 12.2 Å². The molecule has 23 heavy (non-hydrogen) atoms. The summed E-state index contributed by atoms with van der Waals surface area (Å²) in [5.74, 6) is 1.55. The van der Waals surface area contributed by atoms with Crippen molar-refractivity contribution in [1.82, 2.24) is 0 Å². The van der Waals surface area contributed by atoms with E-state index >= 15 is 0 Å². The van der Waals surface area contributed by atoms with E-state index in [9.17, 15) is 4.79 Å². The number of rotatable bonds is 6. The number of hydrogen-bond acceptors (Lipinski definition) is 3. The van der Waals surface area contributed by atoms with E-state index in [4.69, 9.17) is 9.47 Å². The summed E-state index contributed by atoms with van der Waals surface area (Å²) < 4.78 is 10.7. The van der Waals surface area contributed by atoms with Gasteiger partial charge in [0.2, 0.25) is 0 Å². The predicted octanol–water partition coefficient (Wildman–Crippen LogP) is 4.51. The molecule has 1 spiro atoms. The molecule has 0 aromatic rings. The third-order valence-electron chi connectivity index (χ3n) is 6.97. The quantitative estimate of drug-likeness (QED) is 0.533. The number of carbonyl (C=O) groups is 1. The molecular weight excluding hydrogens is 288 g/mol. The molecule has 130 valence electrons. The van der Waals surface area contributed by atoms with Gasteiger partial charge >= 0.3 is 0 Å². The summed E-state index contributed by atoms with van der Waals surface area (Å²) in [7, 11) is 1.66. The molecule has 3 aliphatic carbocycles. The third kappa shape index (κ3) is 2.91. The van der Waals surface area contributed by atoms with Gasteiger partial charge in [-0.2, -0.15) is 0 Å². The Morgan fingerprint density at radius 2 is 2.13 bits per heavy atom. The van der Waals surface area contributed by atoms with Crippen LogP contribution in [-0.4, -0.2) is 25.3 Å². The smallest absolute Gasteiger partial charge is 0.147 e. The Balaban J connectivity index is 1.60. The Morgan fingerprint density at radius 1 is 1.35 bits per heavy atom. The zero-order chi connectivity index (χ0) is 16.7. The molecule has 4 atom stereocenters. The number of methoxy groups -OCH3 is 1. The number of ether oxygens (including phenoxy) is 2. The average molecular weight is 320 g/mol. The number of hydrogen-bond donors (Lipinski definition) is 0. The highest BCUT2D eigenvalue weighted by molar-refractivity contribution is 5.83. The molecule has 0 aliphatic heterocycles. The average Bonchev–Trinajstić information content (AvgIpc) is 3.11. The number of fused-ring (bicyclic) bond motifs is 2. The number of carbonyl (C=O) groups excluding carboxylic acids is 1. The molecule has 0 N–H and O–H groups in total. The van der Waals surface area contributed by atoms with Crippen molar-refractivity contribution in [2.75, 3.05) is 13.9 Å². The van der Waals surface area contributed by atoms with Crippen molar-refractivity contribution in [2.24, 2.45) is 22.7 Å². The minimum Gasteiger partial charge on any atom is -0.359 e. The highest BCUT2D eigenvalue weighted by atomic mass is 16.7. The molecular formula is C20H32O3. The highest BCUT2D eigenvalue weighted by Crippen LogP contribution is 2.75. The monoisotopic (exact) mass is 320 g/mol. The lowest BCUT2D eigenvalue weighted by atomic mass is 9.62. The topological polar surface area (TPSA) is 35.5 Å². The van der Waals surface area contributed by atoms with E-state index in [0.717, 1.165) is 25.7 Å². The fraction of sp³-hybridized carbons (Fsp3) is 0.850. The minimum absolute atomic E-state index is 0.183. The summed E-state index contributed by atoms with van der Waals surface area (Å²) in [6.45, 7) is 6.95. The first-order valence-corrected chi connectivity index (χ1v) is 9.17. The first-order valence-electron chi connectivity index (χ1n) is 9.17. The van der Waals surface area contributed by atoms with E-state index in [1.807, 2.05) is 0 Å².